The van der Waals surface area contributed by atoms with Gasteiger partial charge in [-0.2, -0.15) is 11.8 Å². The summed E-state index contributed by atoms with van der Waals surface area (Å²) in [6.07, 6.45) is 3.57. The van der Waals surface area contributed by atoms with Gasteiger partial charge in [-0.25, -0.2) is 4.98 Å². The minimum Gasteiger partial charge on any atom is -0.258 e. The Bertz CT molecular complexity index is 589. The molecule has 0 spiro atoms. The molecule has 0 radical (unpaired) electrons. The zero-order valence-electron chi connectivity index (χ0n) is 9.01. The van der Waals surface area contributed by atoms with Crippen molar-refractivity contribution in [1.29, 1.82) is 0 Å². The van der Waals surface area contributed by atoms with Gasteiger partial charge in [-0.05, 0) is 11.8 Å². The molecule has 88 valence electrons. The maximum atomic E-state index is 10.9. The Morgan fingerprint density at radius 3 is 2.94 bits per heavy atom. The minimum absolute atomic E-state index is 0.0138. The molecule has 0 saturated carbocycles. The van der Waals surface area contributed by atoms with Crippen LogP contribution in [-0.2, 0) is 5.75 Å². The Morgan fingerprint density at radius 2 is 2.29 bits per heavy atom. The van der Waals surface area contributed by atoms with E-state index in [-0.39, 0.29) is 5.69 Å². The van der Waals surface area contributed by atoms with E-state index in [9.17, 15) is 10.1 Å². The van der Waals surface area contributed by atoms with Gasteiger partial charge in [0.2, 0.25) is 0 Å². The predicted molar refractivity (Wildman–Crippen MR) is 70.6 cm³/mol. The molecule has 4 nitrogen and oxygen atoms in total. The second kappa shape index (κ2) is 4.89. The van der Waals surface area contributed by atoms with Crippen LogP contribution in [0.15, 0.2) is 24.4 Å². The van der Waals surface area contributed by atoms with Gasteiger partial charge in [0.1, 0.15) is 5.52 Å². The predicted octanol–water partition coefficient (Wildman–Crippen LogP) is 3.66. The molecule has 1 heterocycles. The average molecular weight is 269 g/mol. The molecule has 0 saturated heterocycles. The molecule has 0 aliphatic heterocycles. The monoisotopic (exact) mass is 268 g/mol. The maximum Gasteiger partial charge on any atom is 0.295 e. The van der Waals surface area contributed by atoms with Crippen LogP contribution >= 0.6 is 23.4 Å². The van der Waals surface area contributed by atoms with Crippen LogP contribution in [0.25, 0.3) is 10.9 Å². The fourth-order valence-electron chi connectivity index (χ4n) is 1.62. The van der Waals surface area contributed by atoms with Gasteiger partial charge in [-0.15, -0.1) is 0 Å². The molecule has 2 aromatic rings. The lowest BCUT2D eigenvalue weighted by atomic mass is 10.1. The Hall–Kier alpha value is -1.33. The quantitative estimate of drug-likeness (QED) is 0.630. The average Bonchev–Trinajstić information content (AvgIpc) is 2.32. The number of pyridine rings is 1. The number of fused-ring (bicyclic) bond motifs is 1. The molecule has 1 aromatic heterocycles. The van der Waals surface area contributed by atoms with Crippen LogP contribution in [0.4, 0.5) is 5.69 Å². The first-order chi connectivity index (χ1) is 8.15. The molecular weight excluding hydrogens is 260 g/mol. The van der Waals surface area contributed by atoms with Gasteiger partial charge in [-0.1, -0.05) is 23.7 Å². The highest BCUT2D eigenvalue weighted by molar-refractivity contribution is 7.97. The standard InChI is InChI=1S/C11H9ClN2O2S/c1-17-6-7-5-13-11-8(10(7)12)3-2-4-9(11)14(15)16/h2-5H,6H2,1H3. The number of hydrogen-bond donors (Lipinski definition) is 0. The number of non-ortho nitro benzene ring substituents is 1. The van der Waals surface area contributed by atoms with Crippen LogP contribution in [0.5, 0.6) is 0 Å². The van der Waals surface area contributed by atoms with Crippen LogP contribution < -0.4 is 0 Å². The smallest absolute Gasteiger partial charge is 0.258 e. The molecular formula is C11H9ClN2O2S. The number of para-hydroxylation sites is 1. The SMILES string of the molecule is CSCc1cnc2c([N+](=O)[O-])cccc2c1Cl. The molecule has 6 heteroatoms. The lowest BCUT2D eigenvalue weighted by Crippen LogP contribution is -1.94. The Kier molecular flexibility index (Phi) is 3.49. The van der Waals surface area contributed by atoms with Crippen LogP contribution in [0.3, 0.4) is 0 Å². The van der Waals surface area contributed by atoms with Crippen molar-refractivity contribution in [3.63, 3.8) is 0 Å². The summed E-state index contributed by atoms with van der Waals surface area (Å²) in [6.45, 7) is 0. The lowest BCUT2D eigenvalue weighted by molar-refractivity contribution is -0.383. The summed E-state index contributed by atoms with van der Waals surface area (Å²) >= 11 is 7.85. The van der Waals surface area contributed by atoms with Crippen LogP contribution in [-0.4, -0.2) is 16.2 Å². The molecule has 2 rings (SSSR count). The fourth-order valence-corrected chi connectivity index (χ4v) is 2.50. The highest BCUT2D eigenvalue weighted by atomic mass is 35.5. The molecule has 0 bridgehead atoms. The van der Waals surface area contributed by atoms with Crippen molar-refractivity contribution in [3.05, 3.63) is 45.1 Å². The van der Waals surface area contributed by atoms with Crippen molar-refractivity contribution in [2.45, 2.75) is 5.75 Å². The third-order valence-electron chi connectivity index (χ3n) is 2.38. The van der Waals surface area contributed by atoms with E-state index >= 15 is 0 Å². The number of hydrogen-bond acceptors (Lipinski definition) is 4. The Morgan fingerprint density at radius 1 is 1.53 bits per heavy atom. The number of nitro benzene ring substituents is 1. The van der Waals surface area contributed by atoms with Crippen molar-refractivity contribution in [3.8, 4) is 0 Å². The topological polar surface area (TPSA) is 56.0 Å². The number of aromatic nitrogens is 1. The second-order valence-electron chi connectivity index (χ2n) is 3.46. The van der Waals surface area contributed by atoms with Crippen LogP contribution in [0.1, 0.15) is 5.56 Å². The molecule has 17 heavy (non-hydrogen) atoms. The van der Waals surface area contributed by atoms with Crippen molar-refractivity contribution in [1.82, 2.24) is 4.98 Å². The zero-order chi connectivity index (χ0) is 12.4. The highest BCUT2D eigenvalue weighted by Gasteiger charge is 2.15. The summed E-state index contributed by atoms with van der Waals surface area (Å²) < 4.78 is 0. The van der Waals surface area contributed by atoms with Gasteiger partial charge in [0.15, 0.2) is 0 Å². The summed E-state index contributed by atoms with van der Waals surface area (Å²) in [5, 5.41) is 12.0. The van der Waals surface area contributed by atoms with Gasteiger partial charge in [0.05, 0.1) is 9.95 Å². The zero-order valence-corrected chi connectivity index (χ0v) is 10.6. The summed E-state index contributed by atoms with van der Waals surface area (Å²) in [5.41, 5.74) is 1.22. The number of nitro groups is 1. The van der Waals surface area contributed by atoms with Crippen LogP contribution in [0.2, 0.25) is 5.02 Å². The first-order valence-corrected chi connectivity index (χ1v) is 6.61. The van der Waals surface area contributed by atoms with Crippen molar-refractivity contribution >= 4 is 40.0 Å². The van der Waals surface area contributed by atoms with Crippen molar-refractivity contribution < 1.29 is 4.92 Å². The van der Waals surface area contributed by atoms with Crippen molar-refractivity contribution in [2.75, 3.05) is 6.26 Å². The van der Waals surface area contributed by atoms with E-state index in [1.165, 1.54) is 6.07 Å². The molecule has 0 fully saturated rings. The van der Waals surface area contributed by atoms with Gasteiger partial charge < -0.3 is 0 Å². The van der Waals surface area contributed by atoms with E-state index in [2.05, 4.69) is 4.98 Å². The van der Waals surface area contributed by atoms with E-state index in [1.54, 1.807) is 30.1 Å². The number of benzene rings is 1. The summed E-state index contributed by atoms with van der Waals surface area (Å²) in [7, 11) is 0. The second-order valence-corrected chi connectivity index (χ2v) is 4.70. The van der Waals surface area contributed by atoms with E-state index < -0.39 is 4.92 Å². The third kappa shape index (κ3) is 2.21. The first kappa shape index (κ1) is 12.1. The summed E-state index contributed by atoms with van der Waals surface area (Å²) in [6, 6.07) is 4.80. The van der Waals surface area contributed by atoms with Crippen LogP contribution in [0, 0.1) is 10.1 Å². The minimum atomic E-state index is -0.445. The normalized spacial score (nSPS) is 10.7. The van der Waals surface area contributed by atoms with E-state index in [0.717, 1.165) is 11.3 Å². The molecule has 0 aliphatic carbocycles. The van der Waals surface area contributed by atoms with Crippen molar-refractivity contribution in [2.24, 2.45) is 0 Å². The van der Waals surface area contributed by atoms with Gasteiger partial charge in [0.25, 0.3) is 5.69 Å². The van der Waals surface area contributed by atoms with Gasteiger partial charge in [-0.3, -0.25) is 10.1 Å². The molecule has 1 aromatic carbocycles. The molecule has 0 unspecified atom stereocenters. The molecule has 0 N–H and O–H groups in total. The number of thioether (sulfide) groups is 1. The third-order valence-corrected chi connectivity index (χ3v) is 3.43. The number of halogens is 1. The summed E-state index contributed by atoms with van der Waals surface area (Å²) in [5.74, 6) is 0.741. The van der Waals surface area contributed by atoms with Gasteiger partial charge >= 0.3 is 0 Å². The van der Waals surface area contributed by atoms with E-state index in [0.29, 0.717) is 15.9 Å². The molecule has 0 aliphatic rings. The molecule has 0 atom stereocenters. The number of nitrogens with zero attached hydrogens (tertiary/aromatic N) is 2. The Balaban J connectivity index is 2.71. The Labute approximate surface area is 107 Å². The fraction of sp³-hybridized carbons (Fsp3) is 0.182. The highest BCUT2D eigenvalue weighted by Crippen LogP contribution is 2.32. The van der Waals surface area contributed by atoms with Gasteiger partial charge in [0, 0.05) is 23.4 Å². The first-order valence-electron chi connectivity index (χ1n) is 4.84. The lowest BCUT2D eigenvalue weighted by Gasteiger charge is -2.05. The summed E-state index contributed by atoms with van der Waals surface area (Å²) in [4.78, 5) is 14.6. The molecule has 0 amide bonds. The van der Waals surface area contributed by atoms with E-state index in [1.807, 2.05) is 6.26 Å². The van der Waals surface area contributed by atoms with E-state index in [4.69, 9.17) is 11.6 Å². The number of rotatable bonds is 3. The largest absolute Gasteiger partial charge is 0.295 e. The maximum absolute atomic E-state index is 10.9.